The fourth-order valence-corrected chi connectivity index (χ4v) is 2.39. The molecule has 0 unspecified atom stereocenters. The Kier molecular flexibility index (Phi) is 7.84. The Hall–Kier alpha value is -1.96. The number of hydrogen-bond donors (Lipinski definition) is 1. The van der Waals surface area contributed by atoms with Crippen molar-refractivity contribution in [1.82, 2.24) is 0 Å². The lowest BCUT2D eigenvalue weighted by molar-refractivity contribution is 0.350. The topological polar surface area (TPSA) is 29.5 Å². The van der Waals surface area contributed by atoms with Crippen LogP contribution in [-0.4, -0.2) is 11.7 Å². The van der Waals surface area contributed by atoms with Gasteiger partial charge in [-0.1, -0.05) is 28.9 Å². The Morgan fingerprint density at radius 2 is 1.38 bits per heavy atom. The summed E-state index contributed by atoms with van der Waals surface area (Å²) in [7, 11) is 0. The van der Waals surface area contributed by atoms with Gasteiger partial charge in [-0.25, -0.2) is 0 Å². The van der Waals surface area contributed by atoms with Gasteiger partial charge in [0.1, 0.15) is 18.1 Å². The van der Waals surface area contributed by atoms with Crippen molar-refractivity contribution in [3.8, 4) is 11.5 Å². The fourth-order valence-electron chi connectivity index (χ4n) is 2.39. The average Bonchev–Trinajstić information content (AvgIpc) is 2.44. The van der Waals surface area contributed by atoms with E-state index in [0.29, 0.717) is 18.8 Å². The smallest absolute Gasteiger partial charge is 0.130 e. The molecule has 0 fully saturated rings. The van der Waals surface area contributed by atoms with Gasteiger partial charge >= 0.3 is 0 Å². The number of aryl methyl sites for hydroxylation is 1. The van der Waals surface area contributed by atoms with Gasteiger partial charge in [-0.2, -0.15) is 0 Å². The molecule has 132 valence electrons. The lowest BCUT2D eigenvalue weighted by Crippen LogP contribution is -2.04. The first kappa shape index (κ1) is 20.1. The maximum Gasteiger partial charge on any atom is 0.130 e. The Morgan fingerprint density at radius 3 is 1.88 bits per heavy atom. The van der Waals surface area contributed by atoms with Crippen molar-refractivity contribution in [2.75, 3.05) is 6.61 Å². The Labute approximate surface area is 147 Å². The van der Waals surface area contributed by atoms with Crippen LogP contribution in [0, 0.1) is 6.92 Å². The first-order valence-electron chi connectivity index (χ1n) is 8.59. The van der Waals surface area contributed by atoms with Gasteiger partial charge in [-0.3, -0.25) is 0 Å². The summed E-state index contributed by atoms with van der Waals surface area (Å²) >= 11 is 0. The van der Waals surface area contributed by atoms with E-state index in [1.54, 1.807) is 0 Å². The first-order valence-corrected chi connectivity index (χ1v) is 8.59. The molecule has 1 aromatic carbocycles. The molecular weight excluding hydrogens is 296 g/mol. The third-order valence-electron chi connectivity index (χ3n) is 3.83. The molecule has 0 aliphatic heterocycles. The monoisotopic (exact) mass is 328 g/mol. The van der Waals surface area contributed by atoms with Gasteiger partial charge in [0.2, 0.25) is 0 Å². The highest BCUT2D eigenvalue weighted by Crippen LogP contribution is 2.36. The van der Waals surface area contributed by atoms with Crippen LogP contribution >= 0.6 is 0 Å². The minimum atomic E-state index is 0.318. The zero-order valence-electron chi connectivity index (χ0n) is 16.3. The summed E-state index contributed by atoms with van der Waals surface area (Å²) in [6, 6.07) is 1.86. The largest absolute Gasteiger partial charge is 0.508 e. The molecule has 0 radical (unpaired) electrons. The van der Waals surface area contributed by atoms with Gasteiger partial charge in [0.05, 0.1) is 0 Å². The molecule has 0 aromatic heterocycles. The van der Waals surface area contributed by atoms with Crippen molar-refractivity contribution in [3.05, 3.63) is 57.7 Å². The van der Waals surface area contributed by atoms with E-state index in [-0.39, 0.29) is 0 Å². The highest BCUT2D eigenvalue weighted by molar-refractivity contribution is 5.55. The molecule has 2 heteroatoms. The van der Waals surface area contributed by atoms with E-state index in [1.807, 2.05) is 13.0 Å². The molecule has 2 nitrogen and oxygen atoms in total. The Morgan fingerprint density at radius 1 is 0.875 bits per heavy atom. The summed E-state index contributed by atoms with van der Waals surface area (Å²) < 4.78 is 6.11. The lowest BCUT2D eigenvalue weighted by atomic mass is 9.96. The summed E-state index contributed by atoms with van der Waals surface area (Å²) in [6.07, 6.45) is 7.90. The van der Waals surface area contributed by atoms with Crippen molar-refractivity contribution in [2.24, 2.45) is 0 Å². The molecule has 0 heterocycles. The van der Waals surface area contributed by atoms with Crippen LogP contribution in [0.1, 0.15) is 58.2 Å². The van der Waals surface area contributed by atoms with Gasteiger partial charge in [-0.05, 0) is 79.0 Å². The second-order valence-electron chi connectivity index (χ2n) is 7.06. The Balaban J connectivity index is 3.37. The second-order valence-corrected chi connectivity index (χ2v) is 7.06. The van der Waals surface area contributed by atoms with Crippen molar-refractivity contribution < 1.29 is 9.84 Å². The molecule has 1 aromatic rings. The van der Waals surface area contributed by atoms with E-state index in [4.69, 9.17) is 4.74 Å². The number of allylic oxidation sites excluding steroid dienone is 5. The lowest BCUT2D eigenvalue weighted by Gasteiger charge is -2.18. The molecule has 0 atom stereocenters. The highest BCUT2D eigenvalue weighted by atomic mass is 16.5. The molecule has 1 rings (SSSR count). The van der Waals surface area contributed by atoms with Gasteiger partial charge in [0, 0.05) is 11.1 Å². The minimum Gasteiger partial charge on any atom is -0.508 e. The van der Waals surface area contributed by atoms with Gasteiger partial charge in [0.25, 0.3) is 0 Å². The van der Waals surface area contributed by atoms with Crippen LogP contribution in [0.4, 0.5) is 0 Å². The average molecular weight is 328 g/mol. The number of aromatic hydroxyl groups is 1. The van der Waals surface area contributed by atoms with Gasteiger partial charge in [-0.15, -0.1) is 0 Å². The number of rotatable bonds is 7. The second kappa shape index (κ2) is 9.36. The summed E-state index contributed by atoms with van der Waals surface area (Å²) in [5.74, 6) is 1.15. The van der Waals surface area contributed by atoms with Crippen molar-refractivity contribution in [2.45, 2.75) is 61.3 Å². The number of phenols is 1. The molecule has 0 aliphatic rings. The van der Waals surface area contributed by atoms with Crippen molar-refractivity contribution >= 4 is 0 Å². The third-order valence-corrected chi connectivity index (χ3v) is 3.83. The molecule has 0 amide bonds. The van der Waals surface area contributed by atoms with E-state index < -0.39 is 0 Å². The van der Waals surface area contributed by atoms with Crippen LogP contribution in [0.2, 0.25) is 0 Å². The summed E-state index contributed by atoms with van der Waals surface area (Å²) in [5.41, 5.74) is 6.84. The number of hydrogen-bond acceptors (Lipinski definition) is 2. The maximum absolute atomic E-state index is 10.5. The van der Waals surface area contributed by atoms with Crippen molar-refractivity contribution in [1.29, 1.82) is 0 Å². The molecular formula is C22H32O2. The normalized spacial score (nSPS) is 10.1. The van der Waals surface area contributed by atoms with Crippen molar-refractivity contribution in [3.63, 3.8) is 0 Å². The van der Waals surface area contributed by atoms with Crippen LogP contribution in [-0.2, 0) is 12.8 Å². The molecule has 0 bridgehead atoms. The molecule has 0 spiro atoms. The van der Waals surface area contributed by atoms with E-state index in [1.165, 1.54) is 16.7 Å². The van der Waals surface area contributed by atoms with Gasteiger partial charge in [0.15, 0.2) is 0 Å². The number of benzene rings is 1. The molecule has 0 saturated heterocycles. The van der Waals surface area contributed by atoms with Crippen LogP contribution < -0.4 is 4.74 Å². The standard InChI is InChI=1S/C22H32O2/c1-15(2)8-10-19-18(7)14-21(23)20(11-9-16(3)4)22(19)24-13-12-17(5)6/h8-9,12,14,23H,10-11,13H2,1-7H3. The van der Waals surface area contributed by atoms with E-state index >= 15 is 0 Å². The zero-order valence-corrected chi connectivity index (χ0v) is 16.3. The fraction of sp³-hybridized carbons (Fsp3) is 0.455. The predicted octanol–water partition coefficient (Wildman–Crippen LogP) is 6.06. The van der Waals surface area contributed by atoms with Crippen LogP contribution in [0.5, 0.6) is 11.5 Å². The van der Waals surface area contributed by atoms with E-state index in [9.17, 15) is 5.11 Å². The van der Waals surface area contributed by atoms with Gasteiger partial charge < -0.3 is 9.84 Å². The zero-order chi connectivity index (χ0) is 18.3. The summed E-state index contributed by atoms with van der Waals surface area (Å²) in [6.45, 7) is 15.0. The first-order chi connectivity index (χ1) is 11.2. The maximum atomic E-state index is 10.5. The summed E-state index contributed by atoms with van der Waals surface area (Å²) in [5, 5.41) is 10.5. The molecule has 24 heavy (non-hydrogen) atoms. The number of ether oxygens (including phenoxy) is 1. The molecule has 0 aliphatic carbocycles. The van der Waals surface area contributed by atoms with Crippen LogP contribution in [0.25, 0.3) is 0 Å². The van der Waals surface area contributed by atoms with E-state index in [2.05, 4.69) is 59.8 Å². The quantitative estimate of drug-likeness (QED) is 0.616. The van der Waals surface area contributed by atoms with E-state index in [0.717, 1.165) is 28.9 Å². The summed E-state index contributed by atoms with van der Waals surface area (Å²) in [4.78, 5) is 0. The number of phenolic OH excluding ortho intramolecular Hbond substituents is 1. The SMILES string of the molecule is CC(C)=CCOc1c(CC=C(C)C)c(C)cc(O)c1CC=C(C)C. The molecule has 0 saturated carbocycles. The minimum absolute atomic E-state index is 0.318. The Bertz CT molecular complexity index is 605. The predicted molar refractivity (Wildman–Crippen MR) is 104 cm³/mol. The highest BCUT2D eigenvalue weighted by Gasteiger charge is 2.16. The third kappa shape index (κ3) is 6.27. The van der Waals surface area contributed by atoms with Crippen LogP contribution in [0.15, 0.2) is 41.0 Å². The van der Waals surface area contributed by atoms with Crippen LogP contribution in [0.3, 0.4) is 0 Å². The molecule has 1 N–H and O–H groups in total.